The number of morpholine rings is 1. The average Bonchev–Trinajstić information content (AvgIpc) is 2.75. The second-order valence-electron chi connectivity index (χ2n) is 7.20. The van der Waals surface area contributed by atoms with Crippen LogP contribution in [0.3, 0.4) is 0 Å². The lowest BCUT2D eigenvalue weighted by Crippen LogP contribution is -2.39. The fraction of sp³-hybridized carbons (Fsp3) is 0.304. The van der Waals surface area contributed by atoms with Crippen molar-refractivity contribution < 1.29 is 4.74 Å². The van der Waals surface area contributed by atoms with Crippen molar-refractivity contribution in [3.05, 3.63) is 66.2 Å². The Morgan fingerprint density at radius 1 is 0.931 bits per heavy atom. The first kappa shape index (κ1) is 19.4. The molecule has 150 valence electrons. The molecule has 0 aliphatic carbocycles. The van der Waals surface area contributed by atoms with Crippen molar-refractivity contribution in [2.75, 3.05) is 50.0 Å². The summed E-state index contributed by atoms with van der Waals surface area (Å²) in [6, 6.07) is 20.3. The van der Waals surface area contributed by atoms with Gasteiger partial charge in [-0.2, -0.15) is 0 Å². The first-order chi connectivity index (χ1) is 14.3. The maximum atomic E-state index is 5.42. The van der Waals surface area contributed by atoms with Gasteiger partial charge in [0, 0.05) is 43.5 Å². The van der Waals surface area contributed by atoms with E-state index in [2.05, 4.69) is 34.6 Å². The first-order valence-electron chi connectivity index (χ1n) is 10.1. The molecule has 2 aromatic carbocycles. The van der Waals surface area contributed by atoms with E-state index in [0.717, 1.165) is 62.3 Å². The van der Waals surface area contributed by atoms with E-state index in [1.807, 2.05) is 48.5 Å². The van der Waals surface area contributed by atoms with Crippen molar-refractivity contribution in [3.8, 4) is 11.4 Å². The molecule has 0 spiro atoms. The van der Waals surface area contributed by atoms with E-state index in [0.29, 0.717) is 5.82 Å². The fourth-order valence-electron chi connectivity index (χ4n) is 3.36. The van der Waals surface area contributed by atoms with Crippen LogP contribution in [0.2, 0.25) is 0 Å². The number of hydrogen-bond donors (Lipinski definition) is 2. The molecule has 29 heavy (non-hydrogen) atoms. The highest BCUT2D eigenvalue weighted by Gasteiger charge is 2.11. The van der Waals surface area contributed by atoms with Gasteiger partial charge in [-0.05, 0) is 24.6 Å². The van der Waals surface area contributed by atoms with Crippen LogP contribution in [0.4, 0.5) is 17.3 Å². The van der Waals surface area contributed by atoms with Gasteiger partial charge in [0.15, 0.2) is 5.82 Å². The monoisotopic (exact) mass is 389 g/mol. The minimum absolute atomic E-state index is 0.706. The van der Waals surface area contributed by atoms with Crippen molar-refractivity contribution in [1.82, 2.24) is 14.9 Å². The molecule has 6 heteroatoms. The molecule has 1 saturated heterocycles. The Kier molecular flexibility index (Phi) is 6.34. The summed E-state index contributed by atoms with van der Waals surface area (Å²) in [5.74, 6) is 2.30. The van der Waals surface area contributed by atoms with Crippen LogP contribution in [-0.4, -0.2) is 54.3 Å². The molecule has 3 aromatic rings. The number of benzene rings is 2. The Hall–Kier alpha value is -2.96. The molecule has 1 aliphatic heterocycles. The summed E-state index contributed by atoms with van der Waals surface area (Å²) in [5, 5.41) is 6.88. The van der Waals surface area contributed by atoms with E-state index in [4.69, 9.17) is 14.7 Å². The van der Waals surface area contributed by atoms with Gasteiger partial charge < -0.3 is 15.4 Å². The third-order valence-electron chi connectivity index (χ3n) is 4.89. The number of ether oxygens (including phenoxy) is 1. The van der Waals surface area contributed by atoms with Gasteiger partial charge in [0.1, 0.15) is 11.6 Å². The Balaban J connectivity index is 1.52. The Labute approximate surface area is 172 Å². The van der Waals surface area contributed by atoms with Crippen molar-refractivity contribution in [3.63, 3.8) is 0 Å². The molecule has 0 amide bonds. The third kappa shape index (κ3) is 5.53. The smallest absolute Gasteiger partial charge is 0.163 e. The van der Waals surface area contributed by atoms with E-state index in [9.17, 15) is 0 Å². The molecule has 0 atom stereocenters. The number of aryl methyl sites for hydroxylation is 1. The Morgan fingerprint density at radius 2 is 1.72 bits per heavy atom. The van der Waals surface area contributed by atoms with E-state index in [-0.39, 0.29) is 0 Å². The third-order valence-corrected chi connectivity index (χ3v) is 4.89. The Bertz CT molecular complexity index is 926. The second kappa shape index (κ2) is 9.49. The quantitative estimate of drug-likeness (QED) is 0.638. The van der Waals surface area contributed by atoms with Gasteiger partial charge in [-0.25, -0.2) is 9.97 Å². The number of rotatable bonds is 7. The average molecular weight is 390 g/mol. The van der Waals surface area contributed by atoms with E-state index in [1.165, 1.54) is 5.56 Å². The zero-order valence-corrected chi connectivity index (χ0v) is 16.8. The molecule has 0 bridgehead atoms. The van der Waals surface area contributed by atoms with Crippen molar-refractivity contribution in [2.24, 2.45) is 0 Å². The molecule has 1 aromatic heterocycles. The minimum Gasteiger partial charge on any atom is -0.379 e. The lowest BCUT2D eigenvalue weighted by molar-refractivity contribution is 0.0398. The predicted molar refractivity (Wildman–Crippen MR) is 118 cm³/mol. The Morgan fingerprint density at radius 3 is 2.52 bits per heavy atom. The largest absolute Gasteiger partial charge is 0.379 e. The maximum absolute atomic E-state index is 5.42. The van der Waals surface area contributed by atoms with E-state index >= 15 is 0 Å². The van der Waals surface area contributed by atoms with Gasteiger partial charge >= 0.3 is 0 Å². The highest BCUT2D eigenvalue weighted by atomic mass is 16.5. The lowest BCUT2D eigenvalue weighted by atomic mass is 10.2. The standard InChI is InChI=1S/C23H27N5O/c1-18-6-5-9-20(16-18)25-22-17-21(24-10-11-28-12-14-29-15-13-28)26-23(27-22)19-7-3-2-4-8-19/h2-9,16-17H,10-15H2,1H3,(H2,24,25,26,27). The van der Waals surface area contributed by atoms with Crippen LogP contribution in [0.1, 0.15) is 5.56 Å². The summed E-state index contributed by atoms with van der Waals surface area (Å²) in [6.07, 6.45) is 0. The van der Waals surface area contributed by atoms with E-state index < -0.39 is 0 Å². The summed E-state index contributed by atoms with van der Waals surface area (Å²) in [4.78, 5) is 11.9. The predicted octanol–water partition coefficient (Wildman–Crippen LogP) is 3.94. The summed E-state index contributed by atoms with van der Waals surface area (Å²) in [7, 11) is 0. The van der Waals surface area contributed by atoms with Gasteiger partial charge in [0.05, 0.1) is 13.2 Å². The zero-order chi connectivity index (χ0) is 19.9. The number of aromatic nitrogens is 2. The van der Waals surface area contributed by atoms with Crippen LogP contribution in [0.5, 0.6) is 0 Å². The van der Waals surface area contributed by atoms with Gasteiger partial charge in [-0.15, -0.1) is 0 Å². The summed E-state index contributed by atoms with van der Waals surface area (Å²) >= 11 is 0. The number of nitrogens with one attached hydrogen (secondary N) is 2. The molecular weight excluding hydrogens is 362 g/mol. The highest BCUT2D eigenvalue weighted by Crippen LogP contribution is 2.23. The molecule has 6 nitrogen and oxygen atoms in total. The van der Waals surface area contributed by atoms with Crippen molar-refractivity contribution >= 4 is 17.3 Å². The first-order valence-corrected chi connectivity index (χ1v) is 10.1. The van der Waals surface area contributed by atoms with Crippen LogP contribution < -0.4 is 10.6 Å². The number of anilines is 3. The van der Waals surface area contributed by atoms with Gasteiger partial charge in [0.2, 0.25) is 0 Å². The lowest BCUT2D eigenvalue weighted by Gasteiger charge is -2.26. The molecule has 1 fully saturated rings. The molecule has 0 radical (unpaired) electrons. The number of hydrogen-bond acceptors (Lipinski definition) is 6. The zero-order valence-electron chi connectivity index (χ0n) is 16.8. The van der Waals surface area contributed by atoms with Crippen LogP contribution >= 0.6 is 0 Å². The molecule has 4 rings (SSSR count). The second-order valence-corrected chi connectivity index (χ2v) is 7.20. The van der Waals surface area contributed by atoms with Crippen LogP contribution in [0, 0.1) is 6.92 Å². The van der Waals surface area contributed by atoms with E-state index in [1.54, 1.807) is 0 Å². The molecule has 1 aliphatic rings. The molecule has 0 unspecified atom stereocenters. The van der Waals surface area contributed by atoms with Gasteiger partial charge in [-0.1, -0.05) is 42.5 Å². The summed E-state index contributed by atoms with van der Waals surface area (Å²) in [6.45, 7) is 7.48. The summed E-state index contributed by atoms with van der Waals surface area (Å²) in [5.41, 5.74) is 3.22. The van der Waals surface area contributed by atoms with Crippen molar-refractivity contribution in [2.45, 2.75) is 6.92 Å². The maximum Gasteiger partial charge on any atom is 0.163 e. The topological polar surface area (TPSA) is 62.3 Å². The molecule has 2 heterocycles. The normalized spacial score (nSPS) is 14.5. The van der Waals surface area contributed by atoms with Crippen LogP contribution in [-0.2, 0) is 4.74 Å². The molecule has 2 N–H and O–H groups in total. The minimum atomic E-state index is 0.706. The van der Waals surface area contributed by atoms with Crippen LogP contribution in [0.15, 0.2) is 60.7 Å². The van der Waals surface area contributed by atoms with Crippen LogP contribution in [0.25, 0.3) is 11.4 Å². The highest BCUT2D eigenvalue weighted by molar-refractivity contribution is 5.65. The molecule has 0 saturated carbocycles. The fourth-order valence-corrected chi connectivity index (χ4v) is 3.36. The van der Waals surface area contributed by atoms with Crippen molar-refractivity contribution in [1.29, 1.82) is 0 Å². The van der Waals surface area contributed by atoms with Gasteiger partial charge in [-0.3, -0.25) is 4.90 Å². The van der Waals surface area contributed by atoms with Gasteiger partial charge in [0.25, 0.3) is 0 Å². The molecular formula is C23H27N5O. The SMILES string of the molecule is Cc1cccc(Nc2cc(NCCN3CCOCC3)nc(-c3ccccc3)n2)c1. The summed E-state index contributed by atoms with van der Waals surface area (Å²) < 4.78 is 5.42. The number of nitrogens with zero attached hydrogens (tertiary/aromatic N) is 3.